The van der Waals surface area contributed by atoms with E-state index < -0.39 is 10.0 Å². The van der Waals surface area contributed by atoms with Crippen LogP contribution in [0.2, 0.25) is 0 Å². The molecule has 0 saturated heterocycles. The molecule has 1 aliphatic rings. The fourth-order valence-electron chi connectivity index (χ4n) is 3.81. The Morgan fingerprint density at radius 3 is 2.64 bits per heavy atom. The molecule has 0 fully saturated rings. The van der Waals surface area contributed by atoms with E-state index in [2.05, 4.69) is 21.1 Å². The molecule has 4 rings (SSSR count). The third-order valence-corrected chi connectivity index (χ3v) is 6.98. The first-order valence-corrected chi connectivity index (χ1v) is 12.5. The van der Waals surface area contributed by atoms with E-state index in [1.807, 2.05) is 36.4 Å². The molecule has 0 aromatic heterocycles. The number of benzene rings is 3. The van der Waals surface area contributed by atoms with Crippen molar-refractivity contribution in [2.45, 2.75) is 37.1 Å². The van der Waals surface area contributed by atoms with Crippen LogP contribution in [0.25, 0.3) is 10.8 Å². The summed E-state index contributed by atoms with van der Waals surface area (Å²) >= 11 is 0. The summed E-state index contributed by atoms with van der Waals surface area (Å²) in [6.07, 6.45) is 3.55. The Kier molecular flexibility index (Phi) is 6.93. The number of carbonyl (C=O) groups excluding carboxylic acids is 1. The molecule has 0 saturated carbocycles. The van der Waals surface area contributed by atoms with Crippen molar-refractivity contribution in [3.05, 3.63) is 72.3 Å². The van der Waals surface area contributed by atoms with Gasteiger partial charge in [0.25, 0.3) is 10.0 Å². The summed E-state index contributed by atoms with van der Waals surface area (Å²) in [5, 5.41) is 5.06. The lowest BCUT2D eigenvalue weighted by atomic mass is 10.1. The molecule has 3 aromatic carbocycles. The lowest BCUT2D eigenvalue weighted by Gasteiger charge is -2.19. The summed E-state index contributed by atoms with van der Waals surface area (Å²) in [5.41, 5.74) is 1.42. The molecule has 33 heavy (non-hydrogen) atoms. The van der Waals surface area contributed by atoms with Crippen LogP contribution in [0.5, 0.6) is 0 Å². The van der Waals surface area contributed by atoms with Crippen molar-refractivity contribution < 1.29 is 13.2 Å². The van der Waals surface area contributed by atoms with Crippen LogP contribution in [-0.4, -0.2) is 38.8 Å². The number of amidine groups is 1. The Morgan fingerprint density at radius 2 is 1.79 bits per heavy atom. The SMILES string of the molecule is CN(Cc1ccc2ccccc2c1)C(=O)Nc1cccc(S(=O)(=O)NC2=NCCCCC2)c1. The number of carbonyl (C=O) groups is 1. The maximum absolute atomic E-state index is 12.8. The highest BCUT2D eigenvalue weighted by molar-refractivity contribution is 7.90. The lowest BCUT2D eigenvalue weighted by Crippen LogP contribution is -2.32. The van der Waals surface area contributed by atoms with Gasteiger partial charge in [0, 0.05) is 32.2 Å². The molecular weight excluding hydrogens is 436 g/mol. The summed E-state index contributed by atoms with van der Waals surface area (Å²) in [5.74, 6) is 0.497. The van der Waals surface area contributed by atoms with Gasteiger partial charge in [-0.3, -0.25) is 9.71 Å². The zero-order valence-corrected chi connectivity index (χ0v) is 19.4. The smallest absolute Gasteiger partial charge is 0.321 e. The molecule has 172 valence electrons. The van der Waals surface area contributed by atoms with Crippen LogP contribution in [0.1, 0.15) is 31.2 Å². The van der Waals surface area contributed by atoms with E-state index in [-0.39, 0.29) is 10.9 Å². The minimum atomic E-state index is -3.77. The number of rotatable bonds is 5. The molecule has 1 aliphatic heterocycles. The molecule has 8 heteroatoms. The van der Waals surface area contributed by atoms with Crippen LogP contribution in [0.3, 0.4) is 0 Å². The molecule has 0 bridgehead atoms. The van der Waals surface area contributed by atoms with Gasteiger partial charge in [0.2, 0.25) is 0 Å². The summed E-state index contributed by atoms with van der Waals surface area (Å²) in [4.78, 5) is 18.7. The Balaban J connectivity index is 1.42. The number of aliphatic imine (C=N–C) groups is 1. The van der Waals surface area contributed by atoms with Crippen molar-refractivity contribution >= 4 is 38.3 Å². The first-order valence-electron chi connectivity index (χ1n) is 11.1. The second kappa shape index (κ2) is 10.0. The Labute approximate surface area is 194 Å². The lowest BCUT2D eigenvalue weighted by molar-refractivity contribution is 0.220. The van der Waals surface area contributed by atoms with Crippen LogP contribution in [0.4, 0.5) is 10.5 Å². The van der Waals surface area contributed by atoms with Crippen LogP contribution in [-0.2, 0) is 16.6 Å². The standard InChI is InChI=1S/C25H28N4O3S/c1-29(18-19-13-14-20-8-4-5-9-21(20)16-19)25(30)27-22-10-7-11-23(17-22)33(31,32)28-24-12-3-2-6-15-26-24/h4-5,7-11,13-14,16-17H,2-3,6,12,15,18H2,1H3,(H,26,28)(H,27,30). The molecule has 2 amide bonds. The normalized spacial score (nSPS) is 14.3. The van der Waals surface area contributed by atoms with Gasteiger partial charge in [-0.15, -0.1) is 0 Å². The van der Waals surface area contributed by atoms with Crippen molar-refractivity contribution in [3.8, 4) is 0 Å². The molecule has 0 aliphatic carbocycles. The van der Waals surface area contributed by atoms with Crippen LogP contribution < -0.4 is 10.0 Å². The highest BCUT2D eigenvalue weighted by atomic mass is 32.2. The zero-order valence-electron chi connectivity index (χ0n) is 18.6. The van der Waals surface area contributed by atoms with E-state index in [1.54, 1.807) is 24.1 Å². The fourth-order valence-corrected chi connectivity index (χ4v) is 4.95. The maximum atomic E-state index is 12.8. The average molecular weight is 465 g/mol. The molecular formula is C25H28N4O3S. The third kappa shape index (κ3) is 5.90. The van der Waals surface area contributed by atoms with Gasteiger partial charge in [-0.05, 0) is 53.4 Å². The Morgan fingerprint density at radius 1 is 0.970 bits per heavy atom. The van der Waals surface area contributed by atoms with E-state index in [1.165, 1.54) is 12.1 Å². The maximum Gasteiger partial charge on any atom is 0.321 e. The number of hydrogen-bond donors (Lipinski definition) is 2. The van der Waals surface area contributed by atoms with Crippen molar-refractivity contribution in [2.24, 2.45) is 4.99 Å². The van der Waals surface area contributed by atoms with Crippen molar-refractivity contribution in [1.82, 2.24) is 9.62 Å². The summed E-state index contributed by atoms with van der Waals surface area (Å²) in [7, 11) is -2.06. The number of hydrogen-bond acceptors (Lipinski definition) is 4. The predicted molar refractivity (Wildman–Crippen MR) is 132 cm³/mol. The predicted octanol–water partition coefficient (Wildman–Crippen LogP) is 4.75. The largest absolute Gasteiger partial charge is 0.323 e. The van der Waals surface area contributed by atoms with Gasteiger partial charge in [0.15, 0.2) is 0 Å². The van der Waals surface area contributed by atoms with Crippen LogP contribution >= 0.6 is 0 Å². The number of nitrogens with zero attached hydrogens (tertiary/aromatic N) is 2. The van der Waals surface area contributed by atoms with Crippen molar-refractivity contribution in [3.63, 3.8) is 0 Å². The van der Waals surface area contributed by atoms with Gasteiger partial charge < -0.3 is 10.2 Å². The summed E-state index contributed by atoms with van der Waals surface area (Å²) in [6, 6.07) is 20.1. The highest BCUT2D eigenvalue weighted by Crippen LogP contribution is 2.19. The molecule has 2 N–H and O–H groups in total. The Hall–Kier alpha value is -3.39. The van der Waals surface area contributed by atoms with E-state index in [4.69, 9.17) is 0 Å². The zero-order chi connectivity index (χ0) is 23.3. The number of urea groups is 1. The number of fused-ring (bicyclic) bond motifs is 1. The van der Waals surface area contributed by atoms with Gasteiger partial charge >= 0.3 is 6.03 Å². The van der Waals surface area contributed by atoms with Gasteiger partial charge in [-0.2, -0.15) is 0 Å². The third-order valence-electron chi connectivity index (χ3n) is 5.60. The monoisotopic (exact) mass is 464 g/mol. The second-order valence-corrected chi connectivity index (χ2v) is 9.92. The van der Waals surface area contributed by atoms with Crippen LogP contribution in [0, 0.1) is 0 Å². The molecule has 0 unspecified atom stereocenters. The molecule has 1 heterocycles. The first-order chi connectivity index (χ1) is 15.9. The summed E-state index contributed by atoms with van der Waals surface area (Å²) in [6.45, 7) is 1.06. The quantitative estimate of drug-likeness (QED) is 0.571. The van der Waals surface area contributed by atoms with Gasteiger partial charge in [-0.1, -0.05) is 48.9 Å². The molecule has 3 aromatic rings. The van der Waals surface area contributed by atoms with E-state index in [9.17, 15) is 13.2 Å². The van der Waals surface area contributed by atoms with Gasteiger partial charge in [0.05, 0.1) is 4.90 Å². The molecule has 0 spiro atoms. The number of sulfonamides is 1. The van der Waals surface area contributed by atoms with Crippen molar-refractivity contribution in [2.75, 3.05) is 18.9 Å². The highest BCUT2D eigenvalue weighted by Gasteiger charge is 2.18. The average Bonchev–Trinajstić information content (AvgIpc) is 3.07. The topological polar surface area (TPSA) is 90.9 Å². The first kappa shape index (κ1) is 22.8. The van der Waals surface area contributed by atoms with E-state index in [0.717, 1.165) is 35.6 Å². The van der Waals surface area contributed by atoms with E-state index >= 15 is 0 Å². The fraction of sp³-hybridized carbons (Fsp3) is 0.280. The van der Waals surface area contributed by atoms with Gasteiger partial charge in [-0.25, -0.2) is 13.2 Å². The number of amides is 2. The minimum absolute atomic E-state index is 0.0874. The van der Waals surface area contributed by atoms with Gasteiger partial charge in [0.1, 0.15) is 5.84 Å². The van der Waals surface area contributed by atoms with Crippen molar-refractivity contribution in [1.29, 1.82) is 0 Å². The summed E-state index contributed by atoms with van der Waals surface area (Å²) < 4.78 is 28.2. The number of nitrogens with one attached hydrogen (secondary N) is 2. The minimum Gasteiger partial charge on any atom is -0.323 e. The molecule has 7 nitrogen and oxygen atoms in total. The Bertz CT molecular complexity index is 1290. The van der Waals surface area contributed by atoms with Crippen LogP contribution in [0.15, 0.2) is 76.6 Å². The van der Waals surface area contributed by atoms with E-state index in [0.29, 0.717) is 31.0 Å². The second-order valence-electron chi connectivity index (χ2n) is 8.24. The molecule has 0 radical (unpaired) electrons. The molecule has 0 atom stereocenters. The number of anilines is 1.